The minimum atomic E-state index is -0.837. The first-order chi connectivity index (χ1) is 14.1. The van der Waals surface area contributed by atoms with Crippen molar-refractivity contribution in [2.75, 3.05) is 11.9 Å². The minimum absolute atomic E-state index is 0.0673. The van der Waals surface area contributed by atoms with Gasteiger partial charge in [0, 0.05) is 29.6 Å². The number of amides is 3. The summed E-state index contributed by atoms with van der Waals surface area (Å²) in [4.78, 5) is 37.1. The van der Waals surface area contributed by atoms with E-state index in [-0.39, 0.29) is 30.7 Å². The van der Waals surface area contributed by atoms with Crippen LogP contribution in [0.2, 0.25) is 0 Å². The van der Waals surface area contributed by atoms with Crippen LogP contribution in [0.25, 0.3) is 0 Å². The molecule has 3 amide bonds. The van der Waals surface area contributed by atoms with Gasteiger partial charge in [0.25, 0.3) is 11.8 Å². The van der Waals surface area contributed by atoms with E-state index < -0.39 is 6.04 Å². The molecule has 29 heavy (non-hydrogen) atoms. The molecule has 148 valence electrons. The molecule has 0 aliphatic carbocycles. The highest BCUT2D eigenvalue weighted by Crippen LogP contribution is 2.16. The molecule has 2 aromatic carbocycles. The Morgan fingerprint density at radius 3 is 2.24 bits per heavy atom. The predicted octanol–water partition coefficient (Wildman–Crippen LogP) is 3.36. The van der Waals surface area contributed by atoms with E-state index in [1.54, 1.807) is 35.7 Å². The molecule has 1 unspecified atom stereocenters. The van der Waals surface area contributed by atoms with Crippen LogP contribution in [0.3, 0.4) is 0 Å². The van der Waals surface area contributed by atoms with Crippen molar-refractivity contribution in [2.45, 2.75) is 12.5 Å². The Balaban J connectivity index is 1.59. The molecule has 0 spiro atoms. The van der Waals surface area contributed by atoms with Crippen LogP contribution in [-0.2, 0) is 9.59 Å². The van der Waals surface area contributed by atoms with Gasteiger partial charge in [0.15, 0.2) is 0 Å². The van der Waals surface area contributed by atoms with E-state index in [4.69, 9.17) is 0 Å². The SMILES string of the molecule is O=C(CCNC(=O)c1ccsc1)NC(C(=O)Nc1ccccc1)c1ccccc1. The van der Waals surface area contributed by atoms with Gasteiger partial charge in [-0.25, -0.2) is 0 Å². The molecule has 3 N–H and O–H groups in total. The van der Waals surface area contributed by atoms with E-state index in [1.807, 2.05) is 41.8 Å². The summed E-state index contributed by atoms with van der Waals surface area (Å²) >= 11 is 1.43. The normalized spacial score (nSPS) is 11.3. The van der Waals surface area contributed by atoms with Crippen LogP contribution in [0.1, 0.15) is 28.4 Å². The number of rotatable bonds is 8. The number of hydrogen-bond donors (Lipinski definition) is 3. The Kier molecular flexibility index (Phi) is 7.13. The molecular weight excluding hydrogens is 386 g/mol. The Morgan fingerprint density at radius 2 is 1.59 bits per heavy atom. The second-order valence-electron chi connectivity index (χ2n) is 6.28. The molecule has 1 atom stereocenters. The topological polar surface area (TPSA) is 87.3 Å². The summed E-state index contributed by atoms with van der Waals surface area (Å²) in [5, 5.41) is 11.8. The fraction of sp³-hybridized carbons (Fsp3) is 0.136. The maximum Gasteiger partial charge on any atom is 0.252 e. The number of benzene rings is 2. The van der Waals surface area contributed by atoms with Crippen LogP contribution >= 0.6 is 11.3 Å². The first kappa shape index (κ1) is 20.3. The van der Waals surface area contributed by atoms with Gasteiger partial charge in [0.2, 0.25) is 5.91 Å². The second kappa shape index (κ2) is 10.2. The summed E-state index contributed by atoms with van der Waals surface area (Å²) in [6.45, 7) is 0.183. The van der Waals surface area contributed by atoms with Crippen molar-refractivity contribution in [1.82, 2.24) is 10.6 Å². The zero-order valence-electron chi connectivity index (χ0n) is 15.6. The van der Waals surface area contributed by atoms with Crippen LogP contribution in [0.15, 0.2) is 77.5 Å². The number of para-hydroxylation sites is 1. The minimum Gasteiger partial charge on any atom is -0.351 e. The molecule has 0 aliphatic rings. The third-order valence-corrected chi connectivity index (χ3v) is 4.85. The van der Waals surface area contributed by atoms with Gasteiger partial charge in [0.05, 0.1) is 0 Å². The third kappa shape index (κ3) is 6.02. The summed E-state index contributed by atoms with van der Waals surface area (Å²) in [7, 11) is 0. The number of nitrogens with one attached hydrogen (secondary N) is 3. The van der Waals surface area contributed by atoms with Gasteiger partial charge in [-0.1, -0.05) is 48.5 Å². The lowest BCUT2D eigenvalue weighted by Gasteiger charge is -2.19. The van der Waals surface area contributed by atoms with Crippen molar-refractivity contribution in [2.24, 2.45) is 0 Å². The van der Waals surface area contributed by atoms with Crippen molar-refractivity contribution >= 4 is 34.7 Å². The van der Waals surface area contributed by atoms with Crippen LogP contribution in [-0.4, -0.2) is 24.3 Å². The van der Waals surface area contributed by atoms with Crippen LogP contribution in [0.5, 0.6) is 0 Å². The number of carbonyl (C=O) groups is 3. The third-order valence-electron chi connectivity index (χ3n) is 4.16. The first-order valence-electron chi connectivity index (χ1n) is 9.14. The van der Waals surface area contributed by atoms with Gasteiger partial charge in [-0.15, -0.1) is 0 Å². The first-order valence-corrected chi connectivity index (χ1v) is 10.1. The molecule has 3 aromatic rings. The monoisotopic (exact) mass is 407 g/mol. The van der Waals surface area contributed by atoms with Gasteiger partial charge in [0.1, 0.15) is 6.04 Å². The fourth-order valence-corrected chi connectivity index (χ4v) is 3.34. The molecule has 0 fully saturated rings. The lowest BCUT2D eigenvalue weighted by Crippen LogP contribution is -2.38. The largest absolute Gasteiger partial charge is 0.351 e. The highest BCUT2D eigenvalue weighted by Gasteiger charge is 2.22. The average Bonchev–Trinajstić information content (AvgIpc) is 3.28. The molecule has 6 nitrogen and oxygen atoms in total. The van der Waals surface area contributed by atoms with E-state index in [0.717, 1.165) is 0 Å². The van der Waals surface area contributed by atoms with E-state index in [9.17, 15) is 14.4 Å². The summed E-state index contributed by atoms with van der Waals surface area (Å²) in [6, 6.07) is 19.0. The molecule has 0 radical (unpaired) electrons. The summed E-state index contributed by atoms with van der Waals surface area (Å²) in [5.74, 6) is -0.883. The van der Waals surface area contributed by atoms with Gasteiger partial charge >= 0.3 is 0 Å². The van der Waals surface area contributed by atoms with Gasteiger partial charge < -0.3 is 16.0 Å². The summed E-state index contributed by atoms with van der Waals surface area (Å²) in [5.41, 5.74) is 1.90. The van der Waals surface area contributed by atoms with E-state index >= 15 is 0 Å². The molecule has 3 rings (SSSR count). The van der Waals surface area contributed by atoms with Crippen molar-refractivity contribution in [3.8, 4) is 0 Å². The number of thiophene rings is 1. The van der Waals surface area contributed by atoms with Crippen LogP contribution < -0.4 is 16.0 Å². The molecule has 7 heteroatoms. The second-order valence-corrected chi connectivity index (χ2v) is 7.06. The summed E-state index contributed by atoms with van der Waals surface area (Å²) in [6.07, 6.45) is 0.0673. The number of hydrogen-bond acceptors (Lipinski definition) is 4. The molecular formula is C22H21N3O3S. The average molecular weight is 407 g/mol. The van der Waals surface area contributed by atoms with Gasteiger partial charge in [-0.2, -0.15) is 11.3 Å². The van der Waals surface area contributed by atoms with Gasteiger partial charge in [-0.05, 0) is 29.1 Å². The molecule has 0 saturated carbocycles. The van der Waals surface area contributed by atoms with E-state index in [1.165, 1.54) is 11.3 Å². The lowest BCUT2D eigenvalue weighted by molar-refractivity contribution is -0.126. The van der Waals surface area contributed by atoms with Crippen molar-refractivity contribution in [3.63, 3.8) is 0 Å². The van der Waals surface area contributed by atoms with Crippen LogP contribution in [0.4, 0.5) is 5.69 Å². The smallest absolute Gasteiger partial charge is 0.252 e. The van der Waals surface area contributed by atoms with Crippen molar-refractivity contribution < 1.29 is 14.4 Å². The molecule has 0 bridgehead atoms. The predicted molar refractivity (Wildman–Crippen MR) is 114 cm³/mol. The molecule has 0 saturated heterocycles. The molecule has 0 aliphatic heterocycles. The Bertz CT molecular complexity index is 944. The molecule has 1 heterocycles. The highest BCUT2D eigenvalue weighted by molar-refractivity contribution is 7.08. The quantitative estimate of drug-likeness (QED) is 0.535. The number of anilines is 1. The lowest BCUT2D eigenvalue weighted by atomic mass is 10.1. The van der Waals surface area contributed by atoms with Crippen molar-refractivity contribution in [3.05, 3.63) is 88.6 Å². The van der Waals surface area contributed by atoms with E-state index in [2.05, 4.69) is 16.0 Å². The highest BCUT2D eigenvalue weighted by atomic mass is 32.1. The zero-order valence-corrected chi connectivity index (χ0v) is 16.4. The zero-order chi connectivity index (χ0) is 20.5. The Hall–Kier alpha value is -3.45. The van der Waals surface area contributed by atoms with Crippen molar-refractivity contribution in [1.29, 1.82) is 0 Å². The standard InChI is InChI=1S/C22H21N3O3S/c26-19(11-13-23-21(27)17-12-14-29-15-17)25-20(16-7-3-1-4-8-16)22(28)24-18-9-5-2-6-10-18/h1-10,12,14-15,20H,11,13H2,(H,23,27)(H,24,28)(H,25,26). The van der Waals surface area contributed by atoms with E-state index in [0.29, 0.717) is 16.8 Å². The summed E-state index contributed by atoms with van der Waals surface area (Å²) < 4.78 is 0. The number of carbonyl (C=O) groups excluding carboxylic acids is 3. The Labute approximate surface area is 173 Å². The fourth-order valence-electron chi connectivity index (χ4n) is 2.70. The van der Waals surface area contributed by atoms with Gasteiger partial charge in [-0.3, -0.25) is 14.4 Å². The maximum atomic E-state index is 12.8. The maximum absolute atomic E-state index is 12.8. The molecule has 1 aromatic heterocycles. The Morgan fingerprint density at radius 1 is 0.897 bits per heavy atom. The van der Waals surface area contributed by atoms with Crippen LogP contribution in [0, 0.1) is 0 Å².